The molecule has 0 bridgehead atoms. The molecule has 4 nitrogen and oxygen atoms in total. The Hall–Kier alpha value is -0.770. The lowest BCUT2D eigenvalue weighted by atomic mass is 9.95. The number of urea groups is 1. The fourth-order valence-corrected chi connectivity index (χ4v) is 2.10. The molecular weight excluding hydrogens is 192 g/mol. The molecule has 2 amide bonds. The fraction of sp³-hybridized carbons (Fsp3) is 0.909. The summed E-state index contributed by atoms with van der Waals surface area (Å²) in [6.45, 7) is 7.62. The third-order valence-corrected chi connectivity index (χ3v) is 3.42. The van der Waals surface area contributed by atoms with Crippen molar-refractivity contribution >= 4 is 6.03 Å². The van der Waals surface area contributed by atoms with Crippen molar-refractivity contribution in [1.82, 2.24) is 10.2 Å². The summed E-state index contributed by atoms with van der Waals surface area (Å²) < 4.78 is 5.02. The number of likely N-dealkylation sites (tertiary alicyclic amines) is 1. The molecule has 4 heteroatoms. The zero-order chi connectivity index (χ0) is 10.8. The Morgan fingerprint density at radius 1 is 1.47 bits per heavy atom. The number of carbonyl (C=O) groups excluding carboxylic acids is 1. The van der Waals surface area contributed by atoms with E-state index in [-0.39, 0.29) is 12.1 Å². The summed E-state index contributed by atoms with van der Waals surface area (Å²) in [6, 6.07) is 0.335. The van der Waals surface area contributed by atoms with Gasteiger partial charge < -0.3 is 15.0 Å². The first-order chi connectivity index (χ1) is 7.16. The van der Waals surface area contributed by atoms with Gasteiger partial charge in [-0.05, 0) is 18.3 Å². The van der Waals surface area contributed by atoms with Crippen molar-refractivity contribution in [2.75, 3.05) is 26.3 Å². The van der Waals surface area contributed by atoms with E-state index < -0.39 is 0 Å². The van der Waals surface area contributed by atoms with E-state index in [0.717, 1.165) is 19.5 Å². The van der Waals surface area contributed by atoms with Crippen LogP contribution in [-0.2, 0) is 4.74 Å². The van der Waals surface area contributed by atoms with Crippen LogP contribution in [0.4, 0.5) is 4.79 Å². The molecule has 0 radical (unpaired) electrons. The minimum absolute atomic E-state index is 0.0893. The van der Waals surface area contributed by atoms with Gasteiger partial charge in [0.25, 0.3) is 0 Å². The summed E-state index contributed by atoms with van der Waals surface area (Å²) in [5, 5.41) is 2.98. The molecule has 2 aliphatic heterocycles. The van der Waals surface area contributed by atoms with Gasteiger partial charge in [-0.15, -0.1) is 0 Å². The van der Waals surface area contributed by atoms with Crippen LogP contribution in [0.3, 0.4) is 0 Å². The number of rotatable bonds is 2. The van der Waals surface area contributed by atoms with E-state index in [1.807, 2.05) is 4.90 Å². The lowest BCUT2D eigenvalue weighted by Gasteiger charge is -2.29. The Morgan fingerprint density at radius 2 is 2.20 bits per heavy atom. The topological polar surface area (TPSA) is 41.6 Å². The highest BCUT2D eigenvalue weighted by Crippen LogP contribution is 2.23. The number of carbonyl (C=O) groups is 1. The third kappa shape index (κ3) is 2.43. The largest absolute Gasteiger partial charge is 0.377 e. The van der Waals surface area contributed by atoms with Gasteiger partial charge in [-0.25, -0.2) is 4.79 Å². The van der Waals surface area contributed by atoms with Crippen LogP contribution < -0.4 is 5.32 Å². The van der Waals surface area contributed by atoms with Crippen molar-refractivity contribution in [2.24, 2.45) is 11.8 Å². The predicted molar refractivity (Wildman–Crippen MR) is 57.7 cm³/mol. The van der Waals surface area contributed by atoms with Crippen LogP contribution in [0.25, 0.3) is 0 Å². The van der Waals surface area contributed by atoms with E-state index >= 15 is 0 Å². The van der Waals surface area contributed by atoms with Gasteiger partial charge in [-0.3, -0.25) is 0 Å². The Bertz CT molecular complexity index is 239. The SMILES string of the molecule is CC(C)C1CCN(C(=O)NC2COC2)C1. The van der Waals surface area contributed by atoms with Crippen molar-refractivity contribution in [1.29, 1.82) is 0 Å². The molecule has 15 heavy (non-hydrogen) atoms. The first-order valence-corrected chi connectivity index (χ1v) is 5.80. The van der Waals surface area contributed by atoms with E-state index in [9.17, 15) is 4.79 Å². The molecule has 0 aromatic heterocycles. The van der Waals surface area contributed by atoms with Gasteiger partial charge in [0.2, 0.25) is 0 Å². The molecule has 0 spiro atoms. The molecule has 2 aliphatic rings. The number of amides is 2. The summed E-state index contributed by atoms with van der Waals surface area (Å²) in [6.07, 6.45) is 1.15. The van der Waals surface area contributed by atoms with Gasteiger partial charge >= 0.3 is 6.03 Å². The second kappa shape index (κ2) is 4.39. The van der Waals surface area contributed by atoms with Gasteiger partial charge in [0, 0.05) is 13.1 Å². The van der Waals surface area contributed by atoms with Crippen LogP contribution in [0, 0.1) is 11.8 Å². The predicted octanol–water partition coefficient (Wildman–Crippen LogP) is 1.07. The smallest absolute Gasteiger partial charge is 0.317 e. The number of nitrogens with zero attached hydrogens (tertiary/aromatic N) is 1. The molecule has 86 valence electrons. The maximum absolute atomic E-state index is 11.8. The van der Waals surface area contributed by atoms with E-state index in [0.29, 0.717) is 25.0 Å². The van der Waals surface area contributed by atoms with Crippen molar-refractivity contribution in [3.8, 4) is 0 Å². The molecule has 2 heterocycles. The van der Waals surface area contributed by atoms with Crippen molar-refractivity contribution < 1.29 is 9.53 Å². The van der Waals surface area contributed by atoms with Crippen LogP contribution in [0.1, 0.15) is 20.3 Å². The standard InChI is InChI=1S/C11H20N2O2/c1-8(2)9-3-4-13(5-9)11(14)12-10-6-15-7-10/h8-10H,3-7H2,1-2H3,(H,12,14). The fourth-order valence-electron chi connectivity index (χ4n) is 2.10. The first kappa shape index (κ1) is 10.7. The zero-order valence-electron chi connectivity index (χ0n) is 9.53. The normalized spacial score (nSPS) is 26.9. The molecule has 2 fully saturated rings. The second-order valence-corrected chi connectivity index (χ2v) is 4.92. The number of hydrogen-bond acceptors (Lipinski definition) is 2. The minimum Gasteiger partial charge on any atom is -0.377 e. The van der Waals surface area contributed by atoms with Gasteiger partial charge in [0.15, 0.2) is 0 Å². The Morgan fingerprint density at radius 3 is 2.67 bits per heavy atom. The maximum atomic E-state index is 11.8. The molecule has 1 atom stereocenters. The lowest BCUT2D eigenvalue weighted by Crippen LogP contribution is -2.52. The average Bonchev–Trinajstić information content (AvgIpc) is 2.59. The Kier molecular flexibility index (Phi) is 3.14. The third-order valence-electron chi connectivity index (χ3n) is 3.42. The van der Waals surface area contributed by atoms with E-state index in [1.54, 1.807) is 0 Å². The highest BCUT2D eigenvalue weighted by atomic mass is 16.5. The summed E-state index contributed by atoms with van der Waals surface area (Å²) in [4.78, 5) is 13.7. The van der Waals surface area contributed by atoms with Crippen LogP contribution >= 0.6 is 0 Å². The first-order valence-electron chi connectivity index (χ1n) is 5.80. The van der Waals surface area contributed by atoms with Crippen molar-refractivity contribution in [3.05, 3.63) is 0 Å². The number of hydrogen-bond donors (Lipinski definition) is 1. The van der Waals surface area contributed by atoms with Crippen molar-refractivity contribution in [2.45, 2.75) is 26.3 Å². The summed E-state index contributed by atoms with van der Waals surface area (Å²) >= 11 is 0. The van der Waals surface area contributed by atoms with E-state index in [2.05, 4.69) is 19.2 Å². The molecule has 2 rings (SSSR count). The van der Waals surface area contributed by atoms with Gasteiger partial charge in [0.1, 0.15) is 0 Å². The highest BCUT2D eigenvalue weighted by molar-refractivity contribution is 5.74. The van der Waals surface area contributed by atoms with E-state index in [1.165, 1.54) is 0 Å². The maximum Gasteiger partial charge on any atom is 0.317 e. The minimum atomic E-state index is 0.0893. The zero-order valence-corrected chi connectivity index (χ0v) is 9.53. The van der Waals surface area contributed by atoms with Gasteiger partial charge in [-0.1, -0.05) is 13.8 Å². The number of ether oxygens (including phenoxy) is 1. The Labute approximate surface area is 91.0 Å². The second-order valence-electron chi connectivity index (χ2n) is 4.92. The van der Waals surface area contributed by atoms with Crippen LogP contribution in [0.5, 0.6) is 0 Å². The quantitative estimate of drug-likeness (QED) is 0.744. The molecule has 0 saturated carbocycles. The molecule has 0 aromatic rings. The van der Waals surface area contributed by atoms with E-state index in [4.69, 9.17) is 4.74 Å². The van der Waals surface area contributed by atoms with Crippen LogP contribution in [-0.4, -0.2) is 43.3 Å². The lowest BCUT2D eigenvalue weighted by molar-refractivity contribution is -0.00175. The van der Waals surface area contributed by atoms with Crippen molar-refractivity contribution in [3.63, 3.8) is 0 Å². The molecule has 1 N–H and O–H groups in total. The molecule has 2 saturated heterocycles. The summed E-state index contributed by atoms with van der Waals surface area (Å²) in [5.41, 5.74) is 0. The molecule has 0 aliphatic carbocycles. The number of nitrogens with one attached hydrogen (secondary N) is 1. The molecule has 0 aromatic carbocycles. The summed E-state index contributed by atoms with van der Waals surface area (Å²) in [5.74, 6) is 1.35. The van der Waals surface area contributed by atoms with Crippen LogP contribution in [0.2, 0.25) is 0 Å². The van der Waals surface area contributed by atoms with Gasteiger partial charge in [-0.2, -0.15) is 0 Å². The van der Waals surface area contributed by atoms with Gasteiger partial charge in [0.05, 0.1) is 19.3 Å². The van der Waals surface area contributed by atoms with Crippen LogP contribution in [0.15, 0.2) is 0 Å². The molecular formula is C11H20N2O2. The monoisotopic (exact) mass is 212 g/mol. The Balaban J connectivity index is 1.76. The summed E-state index contributed by atoms with van der Waals surface area (Å²) in [7, 11) is 0. The molecule has 1 unspecified atom stereocenters. The average molecular weight is 212 g/mol. The highest BCUT2D eigenvalue weighted by Gasteiger charge is 2.30.